The molecule has 1 fully saturated rings. The first kappa shape index (κ1) is 16.4. The summed E-state index contributed by atoms with van der Waals surface area (Å²) in [4.78, 5) is 14.7. The predicted molar refractivity (Wildman–Crippen MR) is 102 cm³/mol. The molecule has 0 saturated carbocycles. The van der Waals surface area contributed by atoms with Gasteiger partial charge in [0.1, 0.15) is 0 Å². The lowest BCUT2D eigenvalue weighted by Crippen LogP contribution is -2.42. The maximum absolute atomic E-state index is 12.9. The van der Waals surface area contributed by atoms with E-state index in [2.05, 4.69) is 6.92 Å². The van der Waals surface area contributed by atoms with E-state index in [0.29, 0.717) is 6.54 Å². The van der Waals surface area contributed by atoms with Crippen molar-refractivity contribution in [3.05, 3.63) is 108 Å². The second-order valence-corrected chi connectivity index (χ2v) is 6.63. The van der Waals surface area contributed by atoms with Gasteiger partial charge in [0.05, 0.1) is 6.04 Å². The van der Waals surface area contributed by atoms with Crippen LogP contribution in [0.2, 0.25) is 0 Å². The van der Waals surface area contributed by atoms with Crippen molar-refractivity contribution < 1.29 is 9.53 Å². The molecule has 4 rings (SSSR count). The zero-order chi connectivity index (χ0) is 18.0. The molecule has 0 spiro atoms. The van der Waals surface area contributed by atoms with Crippen LogP contribution in [0.25, 0.3) is 0 Å². The second-order valence-electron chi connectivity index (χ2n) is 6.63. The molecule has 0 N–H and O–H groups in total. The molecule has 1 heterocycles. The van der Waals surface area contributed by atoms with Crippen LogP contribution in [0.3, 0.4) is 0 Å². The van der Waals surface area contributed by atoms with Crippen molar-refractivity contribution in [2.24, 2.45) is 0 Å². The number of rotatable bonds is 4. The SMILES string of the molecule is C[C@H]1N(Cc2ccccc2)C(=O)OC1(c1ccccc1)c1ccccc1. The minimum atomic E-state index is -0.811. The van der Waals surface area contributed by atoms with Crippen molar-refractivity contribution in [2.45, 2.75) is 25.1 Å². The van der Waals surface area contributed by atoms with Crippen molar-refractivity contribution in [3.8, 4) is 0 Å². The number of carbonyl (C=O) groups excluding carboxylic acids is 1. The molecule has 1 aliphatic heterocycles. The smallest absolute Gasteiger partial charge is 0.411 e. The van der Waals surface area contributed by atoms with Gasteiger partial charge in [-0.25, -0.2) is 4.79 Å². The molecule has 3 aromatic carbocycles. The lowest BCUT2D eigenvalue weighted by Gasteiger charge is -2.33. The number of carbonyl (C=O) groups is 1. The van der Waals surface area contributed by atoms with Gasteiger partial charge in [0.25, 0.3) is 0 Å². The van der Waals surface area contributed by atoms with E-state index < -0.39 is 5.60 Å². The van der Waals surface area contributed by atoms with Gasteiger partial charge in [-0.2, -0.15) is 0 Å². The Hall–Kier alpha value is -3.07. The van der Waals surface area contributed by atoms with Crippen LogP contribution < -0.4 is 0 Å². The Balaban J connectivity index is 1.79. The molecule has 1 amide bonds. The van der Waals surface area contributed by atoms with Crippen LogP contribution in [0.1, 0.15) is 23.6 Å². The summed E-state index contributed by atoms with van der Waals surface area (Å²) in [6.07, 6.45) is -0.283. The molecule has 3 heteroatoms. The van der Waals surface area contributed by atoms with E-state index in [0.717, 1.165) is 16.7 Å². The summed E-state index contributed by atoms with van der Waals surface area (Å²) < 4.78 is 6.11. The van der Waals surface area contributed by atoms with E-state index in [9.17, 15) is 4.79 Å². The first-order valence-electron chi connectivity index (χ1n) is 8.86. The molecule has 130 valence electrons. The Labute approximate surface area is 153 Å². The first-order valence-corrected chi connectivity index (χ1v) is 8.86. The molecule has 1 aliphatic rings. The first-order chi connectivity index (χ1) is 12.7. The second kappa shape index (κ2) is 6.68. The van der Waals surface area contributed by atoms with E-state index >= 15 is 0 Å². The monoisotopic (exact) mass is 343 g/mol. The summed E-state index contributed by atoms with van der Waals surface area (Å²) in [5, 5.41) is 0. The van der Waals surface area contributed by atoms with Crippen molar-refractivity contribution in [1.29, 1.82) is 0 Å². The molecule has 0 bridgehead atoms. The lowest BCUT2D eigenvalue weighted by molar-refractivity contribution is 0.0713. The Morgan fingerprint density at radius 3 is 1.77 bits per heavy atom. The normalized spacial score (nSPS) is 18.6. The highest BCUT2D eigenvalue weighted by molar-refractivity contribution is 5.73. The molecule has 0 radical (unpaired) electrons. The van der Waals surface area contributed by atoms with Crippen LogP contribution in [0.4, 0.5) is 4.79 Å². The van der Waals surface area contributed by atoms with Crippen molar-refractivity contribution in [2.75, 3.05) is 0 Å². The van der Waals surface area contributed by atoms with Gasteiger partial charge in [-0.15, -0.1) is 0 Å². The van der Waals surface area contributed by atoms with Gasteiger partial charge >= 0.3 is 6.09 Å². The molecular weight excluding hydrogens is 322 g/mol. The molecule has 0 aromatic heterocycles. The highest BCUT2D eigenvalue weighted by atomic mass is 16.6. The lowest BCUT2D eigenvalue weighted by atomic mass is 9.80. The Morgan fingerprint density at radius 2 is 1.27 bits per heavy atom. The van der Waals surface area contributed by atoms with E-state index in [1.54, 1.807) is 0 Å². The molecule has 3 nitrogen and oxygen atoms in total. The predicted octanol–water partition coefficient (Wildman–Crippen LogP) is 4.97. The number of amides is 1. The largest absolute Gasteiger partial charge is 0.431 e. The number of hydrogen-bond donors (Lipinski definition) is 0. The number of hydrogen-bond acceptors (Lipinski definition) is 2. The van der Waals surface area contributed by atoms with Crippen LogP contribution in [-0.4, -0.2) is 17.0 Å². The number of benzene rings is 3. The van der Waals surface area contributed by atoms with Crippen LogP contribution >= 0.6 is 0 Å². The summed E-state index contributed by atoms with van der Waals surface area (Å²) in [5.74, 6) is 0. The van der Waals surface area contributed by atoms with Crippen LogP contribution in [0, 0.1) is 0 Å². The Bertz CT molecular complexity index is 838. The van der Waals surface area contributed by atoms with Crippen LogP contribution in [-0.2, 0) is 16.9 Å². The third-order valence-corrected chi connectivity index (χ3v) is 5.14. The molecule has 0 aliphatic carbocycles. The van der Waals surface area contributed by atoms with Crippen LogP contribution in [0.5, 0.6) is 0 Å². The van der Waals surface area contributed by atoms with Gasteiger partial charge in [-0.3, -0.25) is 4.90 Å². The maximum Gasteiger partial charge on any atom is 0.411 e. The average molecular weight is 343 g/mol. The van der Waals surface area contributed by atoms with E-state index in [1.165, 1.54) is 0 Å². The topological polar surface area (TPSA) is 29.5 Å². The van der Waals surface area contributed by atoms with Crippen molar-refractivity contribution in [1.82, 2.24) is 4.90 Å². The fourth-order valence-electron chi connectivity index (χ4n) is 3.78. The quantitative estimate of drug-likeness (QED) is 0.669. The van der Waals surface area contributed by atoms with Gasteiger partial charge in [0.2, 0.25) is 0 Å². The highest BCUT2D eigenvalue weighted by Crippen LogP contribution is 2.44. The summed E-state index contributed by atoms with van der Waals surface area (Å²) in [7, 11) is 0. The van der Waals surface area contributed by atoms with E-state index in [1.807, 2.05) is 95.9 Å². The highest BCUT2D eigenvalue weighted by Gasteiger charge is 2.53. The standard InChI is InChI=1S/C23H21NO2/c1-18-23(20-13-7-3-8-14-20,21-15-9-4-10-16-21)26-22(25)24(18)17-19-11-5-2-6-12-19/h2-16,18H,17H2,1H3/t18-/m1/s1. The average Bonchev–Trinajstić information content (AvgIpc) is 2.96. The molecule has 26 heavy (non-hydrogen) atoms. The number of ether oxygens (including phenoxy) is 1. The fourth-order valence-corrected chi connectivity index (χ4v) is 3.78. The minimum absolute atomic E-state index is 0.139. The Kier molecular flexibility index (Phi) is 4.21. The van der Waals surface area contributed by atoms with E-state index in [4.69, 9.17) is 4.74 Å². The number of nitrogens with zero attached hydrogens (tertiary/aromatic N) is 1. The van der Waals surface area contributed by atoms with Gasteiger partial charge in [0, 0.05) is 17.7 Å². The molecule has 1 atom stereocenters. The van der Waals surface area contributed by atoms with E-state index in [-0.39, 0.29) is 12.1 Å². The number of cyclic esters (lactones) is 1. The summed E-state index contributed by atoms with van der Waals surface area (Å²) >= 11 is 0. The van der Waals surface area contributed by atoms with Crippen molar-refractivity contribution >= 4 is 6.09 Å². The molecule has 1 saturated heterocycles. The molecular formula is C23H21NO2. The zero-order valence-electron chi connectivity index (χ0n) is 14.7. The summed E-state index contributed by atoms with van der Waals surface area (Å²) in [6, 6.07) is 29.9. The van der Waals surface area contributed by atoms with Gasteiger partial charge < -0.3 is 4.74 Å². The van der Waals surface area contributed by atoms with Crippen molar-refractivity contribution in [3.63, 3.8) is 0 Å². The Morgan fingerprint density at radius 1 is 0.808 bits per heavy atom. The van der Waals surface area contributed by atoms with Gasteiger partial charge in [-0.05, 0) is 12.5 Å². The molecule has 3 aromatic rings. The summed E-state index contributed by atoms with van der Waals surface area (Å²) in [5.41, 5.74) is 2.26. The third kappa shape index (κ3) is 2.66. The van der Waals surface area contributed by atoms with Crippen LogP contribution in [0.15, 0.2) is 91.0 Å². The van der Waals surface area contributed by atoms with Gasteiger partial charge in [0.15, 0.2) is 5.60 Å². The third-order valence-electron chi connectivity index (χ3n) is 5.14. The minimum Gasteiger partial charge on any atom is -0.431 e. The maximum atomic E-state index is 12.9. The van der Waals surface area contributed by atoms with Gasteiger partial charge in [-0.1, -0.05) is 91.0 Å². The fraction of sp³-hybridized carbons (Fsp3) is 0.174. The summed E-state index contributed by atoms with van der Waals surface area (Å²) in [6.45, 7) is 2.59. The zero-order valence-corrected chi connectivity index (χ0v) is 14.7. The molecule has 0 unspecified atom stereocenters.